The Bertz CT molecular complexity index is 204. The summed E-state index contributed by atoms with van der Waals surface area (Å²) in [4.78, 5) is 0. The quantitative estimate of drug-likeness (QED) is 0.437. The van der Waals surface area contributed by atoms with E-state index >= 15 is 0 Å². The molecule has 0 aromatic heterocycles. The first-order valence-electron chi connectivity index (χ1n) is 5.70. The van der Waals surface area contributed by atoms with Crippen molar-refractivity contribution in [3.8, 4) is 6.07 Å². The van der Waals surface area contributed by atoms with Crippen molar-refractivity contribution in [3.63, 3.8) is 0 Å². The first-order valence-corrected chi connectivity index (χ1v) is 8.81. The zero-order chi connectivity index (χ0) is 12.3. The number of unbranched alkanes of at least 4 members (excludes halogenated alkanes) is 1. The van der Waals surface area contributed by atoms with Crippen LogP contribution in [-0.2, 0) is 13.9 Å². The van der Waals surface area contributed by atoms with Gasteiger partial charge in [0.05, 0.1) is 32.5 Å². The largest absolute Gasteiger partial charge is 0.415 e. The standard InChI is InChI=1S/C11H23NO3Si/c1-13-7-8-14-9-10-15-16(2,3)11-5-4-6-12/h4-5,7-11H2,1-3H3. The zero-order valence-corrected chi connectivity index (χ0v) is 11.6. The molecule has 0 aliphatic heterocycles. The van der Waals surface area contributed by atoms with Gasteiger partial charge in [-0.25, -0.2) is 0 Å². The smallest absolute Gasteiger partial charge is 0.186 e. The van der Waals surface area contributed by atoms with Crippen molar-refractivity contribution in [1.29, 1.82) is 5.26 Å². The Labute approximate surface area is 99.6 Å². The van der Waals surface area contributed by atoms with E-state index in [4.69, 9.17) is 19.2 Å². The lowest BCUT2D eigenvalue weighted by Crippen LogP contribution is -2.31. The summed E-state index contributed by atoms with van der Waals surface area (Å²) in [5.41, 5.74) is 0. The average molecular weight is 245 g/mol. The van der Waals surface area contributed by atoms with E-state index in [1.165, 1.54) is 0 Å². The topological polar surface area (TPSA) is 51.5 Å². The monoisotopic (exact) mass is 245 g/mol. The van der Waals surface area contributed by atoms with Crippen molar-refractivity contribution in [2.24, 2.45) is 0 Å². The van der Waals surface area contributed by atoms with Crippen LogP contribution < -0.4 is 0 Å². The highest BCUT2D eigenvalue weighted by Gasteiger charge is 2.21. The van der Waals surface area contributed by atoms with Crippen molar-refractivity contribution < 1.29 is 13.9 Å². The van der Waals surface area contributed by atoms with Crippen LogP contribution in [0.5, 0.6) is 0 Å². The molecule has 0 unspecified atom stereocenters. The molecule has 0 saturated heterocycles. The van der Waals surface area contributed by atoms with Crippen LogP contribution in [0.25, 0.3) is 0 Å². The predicted molar refractivity (Wildman–Crippen MR) is 65.8 cm³/mol. The van der Waals surface area contributed by atoms with Crippen molar-refractivity contribution in [2.45, 2.75) is 32.0 Å². The molecule has 0 bridgehead atoms. The van der Waals surface area contributed by atoms with Crippen molar-refractivity contribution in [3.05, 3.63) is 0 Å². The van der Waals surface area contributed by atoms with E-state index in [0.717, 1.165) is 12.5 Å². The van der Waals surface area contributed by atoms with Crippen LogP contribution in [0, 0.1) is 11.3 Å². The van der Waals surface area contributed by atoms with E-state index in [1.807, 2.05) is 0 Å². The van der Waals surface area contributed by atoms with E-state index in [0.29, 0.717) is 32.8 Å². The Kier molecular flexibility index (Phi) is 9.53. The molecule has 0 N–H and O–H groups in total. The van der Waals surface area contributed by atoms with Gasteiger partial charge in [-0.1, -0.05) is 0 Å². The van der Waals surface area contributed by atoms with Crippen LogP contribution in [0.2, 0.25) is 19.1 Å². The second-order valence-corrected chi connectivity index (χ2v) is 8.53. The number of hydrogen-bond acceptors (Lipinski definition) is 4. The van der Waals surface area contributed by atoms with Crippen LogP contribution >= 0.6 is 0 Å². The van der Waals surface area contributed by atoms with Crippen molar-refractivity contribution in [1.82, 2.24) is 0 Å². The zero-order valence-electron chi connectivity index (χ0n) is 10.6. The minimum absolute atomic E-state index is 0.621. The van der Waals surface area contributed by atoms with E-state index in [1.54, 1.807) is 7.11 Å². The van der Waals surface area contributed by atoms with Gasteiger partial charge in [-0.15, -0.1) is 0 Å². The summed E-state index contributed by atoms with van der Waals surface area (Å²) < 4.78 is 16.0. The number of rotatable bonds is 10. The number of ether oxygens (including phenoxy) is 2. The van der Waals surface area contributed by atoms with Crippen molar-refractivity contribution >= 4 is 8.32 Å². The number of nitriles is 1. The normalized spacial score (nSPS) is 11.4. The molecule has 0 aliphatic rings. The molecule has 0 rings (SSSR count). The first kappa shape index (κ1) is 15.6. The van der Waals surface area contributed by atoms with Crippen LogP contribution in [0.3, 0.4) is 0 Å². The molecule has 0 atom stereocenters. The Morgan fingerprint density at radius 1 is 1.12 bits per heavy atom. The molecule has 0 spiro atoms. The molecule has 0 aromatic carbocycles. The van der Waals surface area contributed by atoms with Crippen LogP contribution in [0.15, 0.2) is 0 Å². The van der Waals surface area contributed by atoms with Gasteiger partial charge in [0.2, 0.25) is 0 Å². The predicted octanol–water partition coefficient (Wildman–Crippen LogP) is 2.17. The summed E-state index contributed by atoms with van der Waals surface area (Å²) in [5, 5.41) is 8.45. The van der Waals surface area contributed by atoms with Gasteiger partial charge in [0.15, 0.2) is 8.32 Å². The fourth-order valence-electron chi connectivity index (χ4n) is 1.29. The summed E-state index contributed by atoms with van der Waals surface area (Å²) in [5.74, 6) is 0. The van der Waals surface area contributed by atoms with Gasteiger partial charge in [-0.2, -0.15) is 5.26 Å². The molecule has 5 heteroatoms. The minimum atomic E-state index is -1.57. The first-order chi connectivity index (χ1) is 7.62. The van der Waals surface area contributed by atoms with E-state index < -0.39 is 8.32 Å². The van der Waals surface area contributed by atoms with Crippen LogP contribution in [0.1, 0.15) is 12.8 Å². The minimum Gasteiger partial charge on any atom is -0.415 e. The third-order valence-corrected chi connectivity index (χ3v) is 4.76. The lowest BCUT2D eigenvalue weighted by molar-refractivity contribution is 0.0529. The highest BCUT2D eigenvalue weighted by Crippen LogP contribution is 2.14. The van der Waals surface area contributed by atoms with E-state index in [2.05, 4.69) is 19.2 Å². The molecule has 4 nitrogen and oxygen atoms in total. The fourth-order valence-corrected chi connectivity index (χ4v) is 3.10. The van der Waals surface area contributed by atoms with Gasteiger partial charge < -0.3 is 13.9 Å². The SMILES string of the molecule is COCCOCCO[Si](C)(C)CCCC#N. The number of nitrogens with zero attached hydrogens (tertiary/aromatic N) is 1. The van der Waals surface area contributed by atoms with Crippen molar-refractivity contribution in [2.75, 3.05) is 33.5 Å². The third kappa shape index (κ3) is 10.1. The Morgan fingerprint density at radius 2 is 1.81 bits per heavy atom. The second kappa shape index (κ2) is 9.79. The maximum absolute atomic E-state index is 8.45. The van der Waals surface area contributed by atoms with Gasteiger partial charge in [-0.3, -0.25) is 0 Å². The summed E-state index contributed by atoms with van der Waals surface area (Å²) in [7, 11) is 0.0864. The molecule has 94 valence electrons. The highest BCUT2D eigenvalue weighted by molar-refractivity contribution is 6.71. The number of hydrogen-bond donors (Lipinski definition) is 0. The highest BCUT2D eigenvalue weighted by atomic mass is 28.4. The summed E-state index contributed by atoms with van der Waals surface area (Å²) in [6.45, 7) is 6.88. The lowest BCUT2D eigenvalue weighted by atomic mass is 10.4. The molecular weight excluding hydrogens is 222 g/mol. The maximum atomic E-state index is 8.45. The van der Waals surface area contributed by atoms with Gasteiger partial charge in [0, 0.05) is 13.5 Å². The molecule has 0 amide bonds. The fraction of sp³-hybridized carbons (Fsp3) is 0.909. The van der Waals surface area contributed by atoms with Gasteiger partial charge in [0.25, 0.3) is 0 Å². The van der Waals surface area contributed by atoms with E-state index in [-0.39, 0.29) is 0 Å². The average Bonchev–Trinajstić information content (AvgIpc) is 2.23. The lowest BCUT2D eigenvalue weighted by Gasteiger charge is -2.22. The maximum Gasteiger partial charge on any atom is 0.186 e. The molecule has 0 aromatic rings. The summed E-state index contributed by atoms with van der Waals surface area (Å²) >= 11 is 0. The molecule has 0 fully saturated rings. The third-order valence-electron chi connectivity index (χ3n) is 2.22. The van der Waals surface area contributed by atoms with Crippen LogP contribution in [-0.4, -0.2) is 41.9 Å². The summed E-state index contributed by atoms with van der Waals surface area (Å²) in [6, 6.07) is 3.20. The van der Waals surface area contributed by atoms with E-state index in [9.17, 15) is 0 Å². The molecule has 16 heavy (non-hydrogen) atoms. The summed E-state index contributed by atoms with van der Waals surface area (Å²) in [6.07, 6.45) is 1.57. The number of methoxy groups -OCH3 is 1. The molecule has 0 heterocycles. The molecule has 0 saturated carbocycles. The van der Waals surface area contributed by atoms with Gasteiger partial charge in [-0.05, 0) is 25.6 Å². The molecule has 0 aliphatic carbocycles. The van der Waals surface area contributed by atoms with Gasteiger partial charge >= 0.3 is 0 Å². The Balaban J connectivity index is 3.39. The molecule has 0 radical (unpaired) electrons. The van der Waals surface area contributed by atoms with Gasteiger partial charge in [0.1, 0.15) is 0 Å². The Morgan fingerprint density at radius 3 is 2.44 bits per heavy atom. The Hall–Kier alpha value is -0.413. The second-order valence-electron chi connectivity index (χ2n) is 4.22. The van der Waals surface area contributed by atoms with Crippen LogP contribution in [0.4, 0.5) is 0 Å². The molecular formula is C11H23NO3Si.